The van der Waals surface area contributed by atoms with E-state index in [-0.39, 0.29) is 22.6 Å². The van der Waals surface area contributed by atoms with Gasteiger partial charge in [0, 0.05) is 11.1 Å². The zero-order valence-electron chi connectivity index (χ0n) is 12.5. The fourth-order valence-electron chi connectivity index (χ4n) is 2.30. The molecule has 0 amide bonds. The molecule has 2 aromatic carbocycles. The lowest BCUT2D eigenvalue weighted by Gasteiger charge is -2.24. The summed E-state index contributed by atoms with van der Waals surface area (Å²) in [7, 11) is 0. The Morgan fingerprint density at radius 3 is 2.10 bits per heavy atom. The maximum Gasteiger partial charge on any atom is 0.148 e. The van der Waals surface area contributed by atoms with Gasteiger partial charge >= 0.3 is 0 Å². The molecule has 0 spiro atoms. The third-order valence-electron chi connectivity index (χ3n) is 3.56. The van der Waals surface area contributed by atoms with Crippen molar-refractivity contribution in [2.75, 3.05) is 5.73 Å². The molecule has 0 aliphatic carbocycles. The van der Waals surface area contributed by atoms with Gasteiger partial charge in [0.1, 0.15) is 23.3 Å². The highest BCUT2D eigenvalue weighted by molar-refractivity contribution is 5.69. The summed E-state index contributed by atoms with van der Waals surface area (Å²) in [5.74, 6) is -0.416. The molecule has 2 aromatic rings. The van der Waals surface area contributed by atoms with E-state index in [1.54, 1.807) is 18.2 Å². The average Bonchev–Trinajstić information content (AvgIpc) is 2.44. The Labute approximate surface area is 124 Å². The van der Waals surface area contributed by atoms with E-state index in [9.17, 15) is 15.3 Å². The number of anilines is 1. The maximum atomic E-state index is 10.5. The number of benzene rings is 2. The molecule has 0 saturated heterocycles. The molecular formula is C17H21NO3. The first-order chi connectivity index (χ1) is 9.73. The van der Waals surface area contributed by atoms with Gasteiger partial charge in [-0.05, 0) is 17.0 Å². The highest BCUT2D eigenvalue weighted by Crippen LogP contribution is 2.44. The number of hydrogen-bond donors (Lipinski definition) is 4. The number of phenolic OH excluding ortho intramolecular Hbond substituents is 2. The van der Waals surface area contributed by atoms with Crippen LogP contribution in [-0.2, 0) is 5.41 Å². The van der Waals surface area contributed by atoms with E-state index >= 15 is 0 Å². The minimum atomic E-state index is -1.00. The maximum absolute atomic E-state index is 10.5. The van der Waals surface area contributed by atoms with Crippen LogP contribution in [0.1, 0.15) is 43.6 Å². The van der Waals surface area contributed by atoms with Crippen molar-refractivity contribution in [3.8, 4) is 11.5 Å². The van der Waals surface area contributed by atoms with Crippen molar-refractivity contribution in [1.29, 1.82) is 0 Å². The van der Waals surface area contributed by atoms with Gasteiger partial charge < -0.3 is 21.1 Å². The molecule has 21 heavy (non-hydrogen) atoms. The zero-order chi connectivity index (χ0) is 15.8. The van der Waals surface area contributed by atoms with Crippen LogP contribution in [0.15, 0.2) is 36.4 Å². The molecule has 0 heterocycles. The normalized spacial score (nSPS) is 13.1. The fourth-order valence-corrected chi connectivity index (χ4v) is 2.30. The van der Waals surface area contributed by atoms with Crippen molar-refractivity contribution < 1.29 is 15.3 Å². The number of aliphatic hydroxyl groups excluding tert-OH is 1. The first-order valence-electron chi connectivity index (χ1n) is 6.81. The van der Waals surface area contributed by atoms with Crippen LogP contribution in [0.5, 0.6) is 11.5 Å². The predicted octanol–water partition coefficient (Wildman–Crippen LogP) is 3.06. The first kappa shape index (κ1) is 15.2. The highest BCUT2D eigenvalue weighted by Gasteiger charge is 2.26. The second-order valence-electron chi connectivity index (χ2n) is 6.19. The van der Waals surface area contributed by atoms with Crippen molar-refractivity contribution in [2.45, 2.75) is 32.3 Å². The fraction of sp³-hybridized carbons (Fsp3) is 0.294. The minimum Gasteiger partial charge on any atom is -0.505 e. The summed E-state index contributed by atoms with van der Waals surface area (Å²) >= 11 is 0. The van der Waals surface area contributed by atoms with Crippen molar-refractivity contribution in [1.82, 2.24) is 0 Å². The summed E-state index contributed by atoms with van der Waals surface area (Å²) in [5, 5.41) is 30.8. The summed E-state index contributed by atoms with van der Waals surface area (Å²) in [6.45, 7) is 5.78. The van der Waals surface area contributed by atoms with Gasteiger partial charge in [-0.15, -0.1) is 0 Å². The van der Waals surface area contributed by atoms with Crippen molar-refractivity contribution in [2.24, 2.45) is 0 Å². The molecule has 1 atom stereocenters. The van der Waals surface area contributed by atoms with Gasteiger partial charge in [-0.25, -0.2) is 0 Å². The number of rotatable bonds is 2. The Morgan fingerprint density at radius 2 is 1.57 bits per heavy atom. The molecule has 0 aromatic heterocycles. The van der Waals surface area contributed by atoms with Crippen molar-refractivity contribution in [3.63, 3.8) is 0 Å². The molecule has 0 radical (unpaired) electrons. The average molecular weight is 287 g/mol. The number of phenols is 2. The van der Waals surface area contributed by atoms with Gasteiger partial charge in [-0.1, -0.05) is 51.1 Å². The standard InChI is InChI=1S/C17H21NO3/c1-17(2,3)12-9-11(15(20)13(18)16(12)21)14(19)10-7-5-4-6-8-10/h4-9,14,19-21H,18H2,1-3H3. The quantitative estimate of drug-likeness (QED) is 0.505. The van der Waals surface area contributed by atoms with Crippen LogP contribution in [0.3, 0.4) is 0 Å². The molecule has 4 nitrogen and oxygen atoms in total. The summed E-state index contributed by atoms with van der Waals surface area (Å²) < 4.78 is 0. The third kappa shape index (κ3) is 2.81. The molecular weight excluding hydrogens is 266 g/mol. The third-order valence-corrected chi connectivity index (χ3v) is 3.56. The van der Waals surface area contributed by atoms with Crippen LogP contribution >= 0.6 is 0 Å². The molecule has 4 heteroatoms. The monoisotopic (exact) mass is 287 g/mol. The molecule has 0 fully saturated rings. The Hall–Kier alpha value is -2.20. The summed E-state index contributed by atoms with van der Waals surface area (Å²) in [6, 6.07) is 10.6. The molecule has 112 valence electrons. The smallest absolute Gasteiger partial charge is 0.148 e. The number of aliphatic hydroxyl groups is 1. The van der Waals surface area contributed by atoms with E-state index < -0.39 is 6.10 Å². The summed E-state index contributed by atoms with van der Waals surface area (Å²) in [5.41, 5.74) is 6.85. The number of nitrogen functional groups attached to an aromatic ring is 1. The van der Waals surface area contributed by atoms with Gasteiger partial charge in [0.05, 0.1) is 0 Å². The second kappa shape index (κ2) is 5.30. The second-order valence-corrected chi connectivity index (χ2v) is 6.19. The molecule has 0 bridgehead atoms. The molecule has 0 saturated carbocycles. The number of aromatic hydroxyl groups is 2. The summed E-state index contributed by atoms with van der Waals surface area (Å²) in [6.07, 6.45) is -1.00. The lowest BCUT2D eigenvalue weighted by Crippen LogP contribution is -2.14. The van der Waals surface area contributed by atoms with Crippen LogP contribution in [0.25, 0.3) is 0 Å². The lowest BCUT2D eigenvalue weighted by atomic mass is 9.83. The van der Waals surface area contributed by atoms with Crippen LogP contribution < -0.4 is 5.73 Å². The van der Waals surface area contributed by atoms with E-state index in [0.29, 0.717) is 16.7 Å². The van der Waals surface area contributed by atoms with Gasteiger partial charge in [0.2, 0.25) is 0 Å². The van der Waals surface area contributed by atoms with Crippen molar-refractivity contribution >= 4 is 5.69 Å². The van der Waals surface area contributed by atoms with Crippen LogP contribution in [0.4, 0.5) is 5.69 Å². The zero-order valence-corrected chi connectivity index (χ0v) is 12.5. The van der Waals surface area contributed by atoms with E-state index in [4.69, 9.17) is 5.73 Å². The van der Waals surface area contributed by atoms with E-state index in [1.807, 2.05) is 39.0 Å². The molecule has 0 aliphatic rings. The molecule has 1 unspecified atom stereocenters. The van der Waals surface area contributed by atoms with Gasteiger partial charge in [0.25, 0.3) is 0 Å². The molecule has 5 N–H and O–H groups in total. The molecule has 2 rings (SSSR count). The Kier molecular flexibility index (Phi) is 3.83. The number of hydrogen-bond acceptors (Lipinski definition) is 4. The topological polar surface area (TPSA) is 86.7 Å². The SMILES string of the molecule is CC(C)(C)c1cc(C(O)c2ccccc2)c(O)c(N)c1O. The van der Waals surface area contributed by atoms with Crippen LogP contribution in [0, 0.1) is 0 Å². The largest absolute Gasteiger partial charge is 0.505 e. The predicted molar refractivity (Wildman–Crippen MR) is 83.4 cm³/mol. The molecule has 0 aliphatic heterocycles. The van der Waals surface area contributed by atoms with E-state index in [0.717, 1.165) is 0 Å². The Balaban J connectivity index is 2.62. The van der Waals surface area contributed by atoms with Crippen LogP contribution in [-0.4, -0.2) is 15.3 Å². The Morgan fingerprint density at radius 1 is 1.00 bits per heavy atom. The van der Waals surface area contributed by atoms with Gasteiger partial charge in [0.15, 0.2) is 0 Å². The van der Waals surface area contributed by atoms with Gasteiger partial charge in [-0.2, -0.15) is 0 Å². The first-order valence-corrected chi connectivity index (χ1v) is 6.81. The van der Waals surface area contributed by atoms with Gasteiger partial charge in [-0.3, -0.25) is 0 Å². The number of nitrogens with two attached hydrogens (primary N) is 1. The van der Waals surface area contributed by atoms with Crippen molar-refractivity contribution in [3.05, 3.63) is 53.1 Å². The van der Waals surface area contributed by atoms with Crippen LogP contribution in [0.2, 0.25) is 0 Å². The Bertz CT molecular complexity index is 645. The lowest BCUT2D eigenvalue weighted by molar-refractivity contribution is 0.215. The highest BCUT2D eigenvalue weighted by atomic mass is 16.3. The van der Waals surface area contributed by atoms with E-state index in [1.165, 1.54) is 0 Å². The summed E-state index contributed by atoms with van der Waals surface area (Å²) in [4.78, 5) is 0. The van der Waals surface area contributed by atoms with E-state index in [2.05, 4.69) is 0 Å². The minimum absolute atomic E-state index is 0.104.